The largest absolute Gasteiger partial charge is 0.363 e. The zero-order chi connectivity index (χ0) is 14.8. The fourth-order valence-corrected chi connectivity index (χ4v) is 2.71. The minimum atomic E-state index is -3.96. The molecule has 7 heteroatoms. The lowest BCUT2D eigenvalue weighted by Crippen LogP contribution is -2.15. The highest BCUT2D eigenvalue weighted by Gasteiger charge is 2.18. The van der Waals surface area contributed by atoms with E-state index >= 15 is 0 Å². The van der Waals surface area contributed by atoms with Crippen molar-refractivity contribution in [1.82, 2.24) is 4.98 Å². The lowest BCUT2D eigenvalue weighted by Gasteiger charge is -2.12. The molecule has 0 spiro atoms. The van der Waals surface area contributed by atoms with Gasteiger partial charge >= 0.3 is 0 Å². The van der Waals surface area contributed by atoms with Crippen molar-refractivity contribution < 1.29 is 12.8 Å². The van der Waals surface area contributed by atoms with E-state index < -0.39 is 20.7 Å². The molecule has 1 heterocycles. The van der Waals surface area contributed by atoms with Gasteiger partial charge in [0.2, 0.25) is 0 Å². The van der Waals surface area contributed by atoms with E-state index in [0.29, 0.717) is 5.82 Å². The summed E-state index contributed by atoms with van der Waals surface area (Å²) in [5, 5.41) is 0. The second kappa shape index (κ2) is 5.46. The summed E-state index contributed by atoms with van der Waals surface area (Å²) in [4.78, 5) is 5.48. The van der Waals surface area contributed by atoms with Gasteiger partial charge in [-0.25, -0.2) is 17.8 Å². The Morgan fingerprint density at radius 1 is 1.15 bits per heavy atom. The van der Waals surface area contributed by atoms with Crippen molar-refractivity contribution in [1.29, 1.82) is 0 Å². The average molecular weight is 295 g/mol. The van der Waals surface area contributed by atoms with Crippen LogP contribution in [0.4, 0.5) is 15.9 Å². The Balaban J connectivity index is 2.27. The van der Waals surface area contributed by atoms with Gasteiger partial charge in [-0.1, -0.05) is 12.1 Å². The summed E-state index contributed by atoms with van der Waals surface area (Å²) in [7, 11) is -0.306. The monoisotopic (exact) mass is 295 g/mol. The molecule has 2 aromatic rings. The SMILES string of the molecule is CN(C)c1ccc(NS(=O)(=O)c2ccccc2F)cn1. The summed E-state index contributed by atoms with van der Waals surface area (Å²) in [6.45, 7) is 0. The molecule has 1 aromatic heterocycles. The van der Waals surface area contributed by atoms with Gasteiger partial charge in [0.1, 0.15) is 16.5 Å². The predicted octanol–water partition coefficient (Wildman–Crippen LogP) is 2.09. The molecular formula is C13H14FN3O2S. The Bertz CT molecular complexity index is 700. The maximum Gasteiger partial charge on any atom is 0.264 e. The highest BCUT2D eigenvalue weighted by Crippen LogP contribution is 2.19. The third-order valence-electron chi connectivity index (χ3n) is 2.58. The van der Waals surface area contributed by atoms with Crippen LogP contribution in [0, 0.1) is 5.82 Å². The van der Waals surface area contributed by atoms with E-state index in [0.717, 1.165) is 6.07 Å². The molecule has 0 radical (unpaired) electrons. The van der Waals surface area contributed by atoms with E-state index in [9.17, 15) is 12.8 Å². The molecule has 0 aliphatic heterocycles. The van der Waals surface area contributed by atoms with Crippen LogP contribution in [0.1, 0.15) is 0 Å². The predicted molar refractivity (Wildman–Crippen MR) is 75.8 cm³/mol. The Labute approximate surface area is 117 Å². The molecule has 1 aromatic carbocycles. The van der Waals surface area contributed by atoms with E-state index in [1.54, 1.807) is 17.0 Å². The molecule has 0 amide bonds. The van der Waals surface area contributed by atoms with Gasteiger partial charge in [0.15, 0.2) is 0 Å². The fraction of sp³-hybridized carbons (Fsp3) is 0.154. The quantitative estimate of drug-likeness (QED) is 0.938. The minimum absolute atomic E-state index is 0.277. The second-order valence-corrected chi connectivity index (χ2v) is 5.99. The van der Waals surface area contributed by atoms with Gasteiger partial charge < -0.3 is 4.90 Å². The highest BCUT2D eigenvalue weighted by atomic mass is 32.2. The summed E-state index contributed by atoms with van der Waals surface area (Å²) >= 11 is 0. The van der Waals surface area contributed by atoms with E-state index in [1.807, 2.05) is 14.1 Å². The third-order valence-corrected chi connectivity index (χ3v) is 4.00. The highest BCUT2D eigenvalue weighted by molar-refractivity contribution is 7.92. The molecule has 0 saturated carbocycles. The number of rotatable bonds is 4. The molecule has 0 fully saturated rings. The van der Waals surface area contributed by atoms with Gasteiger partial charge in [0, 0.05) is 14.1 Å². The minimum Gasteiger partial charge on any atom is -0.363 e. The zero-order valence-electron chi connectivity index (χ0n) is 11.0. The summed E-state index contributed by atoms with van der Waals surface area (Å²) in [6.07, 6.45) is 1.38. The maximum absolute atomic E-state index is 13.5. The van der Waals surface area contributed by atoms with Crippen molar-refractivity contribution >= 4 is 21.5 Å². The number of nitrogens with one attached hydrogen (secondary N) is 1. The Hall–Kier alpha value is -2.15. The van der Waals surface area contributed by atoms with Crippen molar-refractivity contribution in [2.75, 3.05) is 23.7 Å². The molecule has 0 saturated heterocycles. The van der Waals surface area contributed by atoms with Gasteiger partial charge in [-0.3, -0.25) is 4.72 Å². The van der Waals surface area contributed by atoms with Gasteiger partial charge in [-0.2, -0.15) is 0 Å². The topological polar surface area (TPSA) is 62.3 Å². The summed E-state index contributed by atoms with van der Waals surface area (Å²) in [6, 6.07) is 8.44. The number of halogens is 1. The molecular weight excluding hydrogens is 281 g/mol. The van der Waals surface area contributed by atoms with Crippen LogP contribution < -0.4 is 9.62 Å². The standard InChI is InChI=1S/C13H14FN3O2S/c1-17(2)13-8-7-10(9-15-13)16-20(18,19)12-6-4-3-5-11(12)14/h3-9,16H,1-2H3. The molecule has 0 aliphatic rings. The maximum atomic E-state index is 13.5. The van der Waals surface area contributed by atoms with Crippen molar-refractivity contribution in [3.63, 3.8) is 0 Å². The molecule has 20 heavy (non-hydrogen) atoms. The number of nitrogens with zero attached hydrogens (tertiary/aromatic N) is 2. The van der Waals surface area contributed by atoms with E-state index in [2.05, 4.69) is 9.71 Å². The second-order valence-electron chi connectivity index (χ2n) is 4.34. The van der Waals surface area contributed by atoms with Gasteiger partial charge in [0.25, 0.3) is 10.0 Å². The first kappa shape index (κ1) is 14.3. The van der Waals surface area contributed by atoms with Crippen molar-refractivity contribution in [3.05, 3.63) is 48.4 Å². The normalized spacial score (nSPS) is 11.2. The molecule has 0 atom stereocenters. The van der Waals surface area contributed by atoms with E-state index in [1.165, 1.54) is 24.4 Å². The molecule has 0 unspecified atom stereocenters. The first-order chi connectivity index (χ1) is 9.40. The van der Waals surface area contributed by atoms with Crippen LogP contribution in [0.2, 0.25) is 0 Å². The van der Waals surface area contributed by atoms with Crippen LogP contribution in [-0.2, 0) is 10.0 Å². The van der Waals surface area contributed by atoms with Crippen molar-refractivity contribution in [3.8, 4) is 0 Å². The van der Waals surface area contributed by atoms with Crippen LogP contribution in [0.3, 0.4) is 0 Å². The first-order valence-corrected chi connectivity index (χ1v) is 7.29. The van der Waals surface area contributed by atoms with Crippen LogP contribution in [0.15, 0.2) is 47.5 Å². The van der Waals surface area contributed by atoms with Crippen LogP contribution in [0.25, 0.3) is 0 Å². The van der Waals surface area contributed by atoms with E-state index in [-0.39, 0.29) is 5.69 Å². The Kier molecular flexibility index (Phi) is 3.89. The lowest BCUT2D eigenvalue weighted by molar-refractivity contribution is 0.570. The summed E-state index contributed by atoms with van der Waals surface area (Å²) in [5.74, 6) is -0.100. The molecule has 106 valence electrons. The molecule has 0 bridgehead atoms. The number of aromatic nitrogens is 1. The van der Waals surface area contributed by atoms with E-state index in [4.69, 9.17) is 0 Å². The van der Waals surface area contributed by atoms with Crippen molar-refractivity contribution in [2.24, 2.45) is 0 Å². The number of hydrogen-bond donors (Lipinski definition) is 1. The van der Waals surface area contributed by atoms with Crippen LogP contribution in [-0.4, -0.2) is 27.5 Å². The Morgan fingerprint density at radius 2 is 1.85 bits per heavy atom. The van der Waals surface area contributed by atoms with Crippen LogP contribution in [0.5, 0.6) is 0 Å². The van der Waals surface area contributed by atoms with Gasteiger partial charge in [0.05, 0.1) is 11.9 Å². The summed E-state index contributed by atoms with van der Waals surface area (Å²) < 4.78 is 39.9. The molecule has 2 rings (SSSR count). The number of sulfonamides is 1. The number of benzene rings is 1. The van der Waals surface area contributed by atoms with Crippen molar-refractivity contribution in [2.45, 2.75) is 4.90 Å². The molecule has 1 N–H and O–H groups in total. The Morgan fingerprint density at radius 3 is 2.40 bits per heavy atom. The zero-order valence-corrected chi connectivity index (χ0v) is 11.9. The number of hydrogen-bond acceptors (Lipinski definition) is 4. The third kappa shape index (κ3) is 3.05. The average Bonchev–Trinajstić information content (AvgIpc) is 2.39. The molecule has 0 aliphatic carbocycles. The summed E-state index contributed by atoms with van der Waals surface area (Å²) in [5.41, 5.74) is 0.277. The smallest absolute Gasteiger partial charge is 0.264 e. The van der Waals surface area contributed by atoms with Gasteiger partial charge in [-0.15, -0.1) is 0 Å². The molecule has 5 nitrogen and oxygen atoms in total. The lowest BCUT2D eigenvalue weighted by atomic mass is 10.4. The van der Waals surface area contributed by atoms with Gasteiger partial charge in [-0.05, 0) is 24.3 Å². The number of anilines is 2. The first-order valence-electron chi connectivity index (χ1n) is 5.81. The van der Waals surface area contributed by atoms with Crippen LogP contribution >= 0.6 is 0 Å². The fourth-order valence-electron chi connectivity index (χ4n) is 1.58. The number of pyridine rings is 1.